The number of Topliss-reactive ketones (excluding diaryl/α,β-unsaturated/α-hetero) is 1. The minimum Gasteiger partial charge on any atom is -0.444 e. The van der Waals surface area contributed by atoms with Crippen molar-refractivity contribution in [3.05, 3.63) is 52.8 Å². The number of nitriles is 1. The Hall–Kier alpha value is -3.07. The summed E-state index contributed by atoms with van der Waals surface area (Å²) in [6, 6.07) is 11.0. The zero-order valence-corrected chi connectivity index (χ0v) is 12.2. The monoisotopic (exact) mass is 298 g/mol. The minimum atomic E-state index is -0.760. The van der Waals surface area contributed by atoms with Crippen molar-refractivity contribution in [3.8, 4) is 6.07 Å². The van der Waals surface area contributed by atoms with Crippen molar-refractivity contribution in [1.82, 2.24) is 0 Å². The molecule has 0 aliphatic carbocycles. The Morgan fingerprint density at radius 3 is 2.59 bits per heavy atom. The first-order chi connectivity index (χ1) is 10.5. The molecule has 6 nitrogen and oxygen atoms in total. The molecule has 0 saturated carbocycles. The molecule has 0 bridgehead atoms. The van der Waals surface area contributed by atoms with Gasteiger partial charge in [-0.2, -0.15) is 5.26 Å². The van der Waals surface area contributed by atoms with Gasteiger partial charge in [0, 0.05) is 0 Å². The average Bonchev–Trinajstić information content (AvgIpc) is 2.81. The maximum Gasteiger partial charge on any atom is 0.414 e. The van der Waals surface area contributed by atoms with E-state index in [0.29, 0.717) is 0 Å². The summed E-state index contributed by atoms with van der Waals surface area (Å²) in [6.07, 6.45) is -0.760. The van der Waals surface area contributed by atoms with Crippen LogP contribution >= 0.6 is 0 Å². The van der Waals surface area contributed by atoms with Crippen molar-refractivity contribution in [2.45, 2.75) is 20.5 Å². The maximum atomic E-state index is 11.8. The van der Waals surface area contributed by atoms with E-state index in [9.17, 15) is 9.59 Å². The minimum absolute atomic E-state index is 0.00154. The second kappa shape index (κ2) is 6.59. The third-order valence-corrected chi connectivity index (χ3v) is 2.98. The molecule has 1 amide bonds. The number of nitrogens with one attached hydrogen (secondary N) is 1. The molecule has 0 aliphatic rings. The number of amides is 1. The van der Waals surface area contributed by atoms with E-state index in [4.69, 9.17) is 14.4 Å². The number of rotatable bonds is 4. The molecular weight excluding hydrogens is 284 g/mol. The Bertz CT molecular complexity index is 741. The standard InChI is InChI=1S/C16H14N2O4/c1-10(19)14-11(2)22-15(13(14)8-17)18-16(20)21-9-12-6-4-3-5-7-12/h3-7H,9H2,1-2H3,(H,18,20). The molecule has 0 atom stereocenters. The van der Waals surface area contributed by atoms with Gasteiger partial charge in [0.05, 0.1) is 5.56 Å². The highest BCUT2D eigenvalue weighted by atomic mass is 16.5. The van der Waals surface area contributed by atoms with E-state index in [0.717, 1.165) is 5.56 Å². The van der Waals surface area contributed by atoms with Crippen LogP contribution < -0.4 is 5.32 Å². The molecule has 0 unspecified atom stereocenters. The number of hydrogen-bond donors (Lipinski definition) is 1. The van der Waals surface area contributed by atoms with Crippen LogP contribution in [0.3, 0.4) is 0 Å². The fraction of sp³-hybridized carbons (Fsp3) is 0.188. The molecular formula is C16H14N2O4. The quantitative estimate of drug-likeness (QED) is 0.873. The molecule has 0 saturated heterocycles. The van der Waals surface area contributed by atoms with E-state index in [1.165, 1.54) is 6.92 Å². The third kappa shape index (κ3) is 3.33. The van der Waals surface area contributed by atoms with Crippen LogP contribution in [0.5, 0.6) is 0 Å². The average molecular weight is 298 g/mol. The van der Waals surface area contributed by atoms with Crippen LogP contribution in [0.2, 0.25) is 0 Å². The molecule has 0 spiro atoms. The van der Waals surface area contributed by atoms with Gasteiger partial charge in [0.2, 0.25) is 5.88 Å². The van der Waals surface area contributed by atoms with Gasteiger partial charge in [0.15, 0.2) is 5.78 Å². The van der Waals surface area contributed by atoms with Crippen LogP contribution in [-0.4, -0.2) is 11.9 Å². The van der Waals surface area contributed by atoms with Crippen molar-refractivity contribution >= 4 is 17.8 Å². The number of carbonyl (C=O) groups is 2. The molecule has 112 valence electrons. The van der Waals surface area contributed by atoms with Gasteiger partial charge in [-0.3, -0.25) is 10.1 Å². The van der Waals surface area contributed by atoms with E-state index in [-0.39, 0.29) is 35.2 Å². The molecule has 22 heavy (non-hydrogen) atoms. The predicted octanol–water partition coefficient (Wildman–Crippen LogP) is 3.41. The molecule has 1 N–H and O–H groups in total. The van der Waals surface area contributed by atoms with Crippen molar-refractivity contribution < 1.29 is 18.7 Å². The first kappa shape index (κ1) is 15.3. The molecule has 1 aromatic heterocycles. The lowest BCUT2D eigenvalue weighted by molar-refractivity contribution is 0.101. The van der Waals surface area contributed by atoms with Gasteiger partial charge >= 0.3 is 6.09 Å². The Kier molecular flexibility index (Phi) is 4.59. The number of carbonyl (C=O) groups excluding carboxylic acids is 2. The fourth-order valence-corrected chi connectivity index (χ4v) is 2.02. The molecule has 1 heterocycles. The second-order valence-electron chi connectivity index (χ2n) is 4.59. The summed E-state index contributed by atoms with van der Waals surface area (Å²) in [4.78, 5) is 23.3. The predicted molar refractivity (Wildman–Crippen MR) is 78.4 cm³/mol. The number of ketones is 1. The van der Waals surface area contributed by atoms with Crippen LogP contribution in [0.1, 0.15) is 34.2 Å². The largest absolute Gasteiger partial charge is 0.444 e. The number of aryl methyl sites for hydroxylation is 1. The lowest BCUT2D eigenvalue weighted by Gasteiger charge is -2.05. The molecule has 0 aliphatic heterocycles. The van der Waals surface area contributed by atoms with Gasteiger partial charge in [-0.1, -0.05) is 30.3 Å². The Morgan fingerprint density at radius 2 is 2.00 bits per heavy atom. The number of benzene rings is 1. The highest BCUT2D eigenvalue weighted by molar-refractivity contribution is 6.00. The van der Waals surface area contributed by atoms with Crippen LogP contribution in [0.15, 0.2) is 34.7 Å². The highest BCUT2D eigenvalue weighted by Gasteiger charge is 2.22. The molecule has 0 radical (unpaired) electrons. The molecule has 2 rings (SSSR count). The lowest BCUT2D eigenvalue weighted by atomic mass is 10.1. The smallest absolute Gasteiger partial charge is 0.414 e. The van der Waals surface area contributed by atoms with Gasteiger partial charge in [0.25, 0.3) is 0 Å². The van der Waals surface area contributed by atoms with Gasteiger partial charge in [-0.05, 0) is 19.4 Å². The van der Waals surface area contributed by atoms with Crippen molar-refractivity contribution in [1.29, 1.82) is 5.26 Å². The van der Waals surface area contributed by atoms with E-state index in [2.05, 4.69) is 5.32 Å². The first-order valence-corrected chi connectivity index (χ1v) is 6.55. The van der Waals surface area contributed by atoms with E-state index in [1.807, 2.05) is 36.4 Å². The summed E-state index contributed by atoms with van der Waals surface area (Å²) in [5, 5.41) is 11.5. The number of furan rings is 1. The lowest BCUT2D eigenvalue weighted by Crippen LogP contribution is -2.14. The van der Waals surface area contributed by atoms with Crippen molar-refractivity contribution in [3.63, 3.8) is 0 Å². The Balaban J connectivity index is 2.08. The number of nitrogens with zero attached hydrogens (tertiary/aromatic N) is 1. The summed E-state index contributed by atoms with van der Waals surface area (Å²) in [7, 11) is 0. The molecule has 6 heteroatoms. The summed E-state index contributed by atoms with van der Waals surface area (Å²) >= 11 is 0. The molecule has 2 aromatic rings. The SMILES string of the molecule is CC(=O)c1c(C)oc(NC(=O)OCc2ccccc2)c1C#N. The van der Waals surface area contributed by atoms with Gasteiger partial charge < -0.3 is 9.15 Å². The van der Waals surface area contributed by atoms with E-state index >= 15 is 0 Å². The van der Waals surface area contributed by atoms with Gasteiger partial charge in [-0.15, -0.1) is 0 Å². The maximum absolute atomic E-state index is 11.8. The fourth-order valence-electron chi connectivity index (χ4n) is 2.02. The topological polar surface area (TPSA) is 92.3 Å². The Morgan fingerprint density at radius 1 is 1.32 bits per heavy atom. The van der Waals surface area contributed by atoms with Crippen LogP contribution in [0, 0.1) is 18.3 Å². The summed E-state index contributed by atoms with van der Waals surface area (Å²) in [5.74, 6) is -0.103. The van der Waals surface area contributed by atoms with Crippen molar-refractivity contribution in [2.75, 3.05) is 5.32 Å². The highest BCUT2D eigenvalue weighted by Crippen LogP contribution is 2.26. The molecule has 0 fully saturated rings. The number of hydrogen-bond acceptors (Lipinski definition) is 5. The summed E-state index contributed by atoms with van der Waals surface area (Å²) < 4.78 is 10.3. The molecule has 1 aromatic carbocycles. The van der Waals surface area contributed by atoms with E-state index in [1.54, 1.807) is 6.92 Å². The number of ether oxygens (including phenoxy) is 1. The normalized spacial score (nSPS) is 9.86. The Labute approximate surface area is 127 Å². The van der Waals surface area contributed by atoms with Gasteiger partial charge in [0.1, 0.15) is 24.0 Å². The van der Waals surface area contributed by atoms with Gasteiger partial charge in [-0.25, -0.2) is 4.79 Å². The van der Waals surface area contributed by atoms with Crippen LogP contribution in [0.4, 0.5) is 10.7 Å². The van der Waals surface area contributed by atoms with Crippen molar-refractivity contribution in [2.24, 2.45) is 0 Å². The van der Waals surface area contributed by atoms with Crippen LogP contribution in [-0.2, 0) is 11.3 Å². The third-order valence-electron chi connectivity index (χ3n) is 2.98. The summed E-state index contributed by atoms with van der Waals surface area (Å²) in [5.41, 5.74) is 1.00. The second-order valence-corrected chi connectivity index (χ2v) is 4.59. The number of anilines is 1. The zero-order chi connectivity index (χ0) is 16.1. The van der Waals surface area contributed by atoms with E-state index < -0.39 is 6.09 Å². The summed E-state index contributed by atoms with van der Waals surface area (Å²) in [6.45, 7) is 2.97. The first-order valence-electron chi connectivity index (χ1n) is 6.55. The van der Waals surface area contributed by atoms with Crippen LogP contribution in [0.25, 0.3) is 0 Å². The zero-order valence-electron chi connectivity index (χ0n) is 12.2.